The maximum absolute atomic E-state index is 6.39. The standard InChI is InChI=1S/C16H22ClN3O/c1-2-5-12-10-16(8-9-21-12)11-19-15(18)20(16)14-7-4-3-6-13(14)17/h3-4,6-7,12H,2,5,8-11H2,1H3,(H2,18,19). The third kappa shape index (κ3) is 2.62. The Hall–Kier alpha value is -1.26. The highest BCUT2D eigenvalue weighted by Gasteiger charge is 2.47. The molecule has 1 aromatic carbocycles. The lowest BCUT2D eigenvalue weighted by Gasteiger charge is -2.44. The molecule has 1 fully saturated rings. The third-order valence-electron chi connectivity index (χ3n) is 4.47. The zero-order valence-corrected chi connectivity index (χ0v) is 13.1. The molecule has 0 aromatic heterocycles. The molecule has 114 valence electrons. The van der Waals surface area contributed by atoms with Gasteiger partial charge in [-0.15, -0.1) is 0 Å². The summed E-state index contributed by atoms with van der Waals surface area (Å²) in [6.45, 7) is 3.68. The van der Waals surface area contributed by atoms with Crippen LogP contribution in [0.5, 0.6) is 0 Å². The molecule has 21 heavy (non-hydrogen) atoms. The molecular formula is C16H22ClN3O. The quantitative estimate of drug-likeness (QED) is 0.933. The summed E-state index contributed by atoms with van der Waals surface area (Å²) < 4.78 is 5.90. The molecule has 5 heteroatoms. The minimum absolute atomic E-state index is 0.0762. The number of hydrogen-bond donors (Lipinski definition) is 1. The predicted octanol–water partition coefficient (Wildman–Crippen LogP) is 3.19. The molecule has 2 heterocycles. The van der Waals surface area contributed by atoms with Crippen molar-refractivity contribution in [2.45, 2.75) is 44.2 Å². The minimum atomic E-state index is -0.0762. The molecule has 0 aliphatic carbocycles. The average molecular weight is 308 g/mol. The van der Waals surface area contributed by atoms with Gasteiger partial charge in [-0.3, -0.25) is 4.99 Å². The Morgan fingerprint density at radius 2 is 2.29 bits per heavy atom. The highest BCUT2D eigenvalue weighted by Crippen LogP contribution is 2.41. The van der Waals surface area contributed by atoms with E-state index in [2.05, 4.69) is 16.8 Å². The Bertz CT molecular complexity index is 546. The SMILES string of the molecule is CCCC1CC2(CCO1)CN=C(N)N2c1ccccc1Cl. The van der Waals surface area contributed by atoms with Crippen LogP contribution in [0.2, 0.25) is 5.02 Å². The highest BCUT2D eigenvalue weighted by molar-refractivity contribution is 6.34. The van der Waals surface area contributed by atoms with Crippen molar-refractivity contribution in [1.82, 2.24) is 0 Å². The predicted molar refractivity (Wildman–Crippen MR) is 87.0 cm³/mol. The van der Waals surface area contributed by atoms with Crippen LogP contribution >= 0.6 is 11.6 Å². The maximum atomic E-state index is 6.39. The molecule has 2 aliphatic heterocycles. The first-order valence-corrected chi connectivity index (χ1v) is 8.00. The topological polar surface area (TPSA) is 50.9 Å². The molecule has 2 N–H and O–H groups in total. The van der Waals surface area contributed by atoms with E-state index in [4.69, 9.17) is 22.1 Å². The van der Waals surface area contributed by atoms with Gasteiger partial charge in [-0.05, 0) is 31.4 Å². The van der Waals surface area contributed by atoms with Crippen molar-refractivity contribution >= 4 is 23.2 Å². The third-order valence-corrected chi connectivity index (χ3v) is 4.79. The Morgan fingerprint density at radius 3 is 3.05 bits per heavy atom. The fourth-order valence-electron chi connectivity index (χ4n) is 3.48. The molecule has 2 aliphatic rings. The van der Waals surface area contributed by atoms with Crippen LogP contribution < -0.4 is 10.6 Å². The monoisotopic (exact) mass is 307 g/mol. The molecule has 1 saturated heterocycles. The molecule has 0 amide bonds. The van der Waals surface area contributed by atoms with Gasteiger partial charge < -0.3 is 15.4 Å². The van der Waals surface area contributed by atoms with Crippen LogP contribution in [0.25, 0.3) is 0 Å². The van der Waals surface area contributed by atoms with Crippen molar-refractivity contribution < 1.29 is 4.74 Å². The molecule has 0 bridgehead atoms. The molecule has 1 aromatic rings. The normalized spacial score (nSPS) is 29.0. The van der Waals surface area contributed by atoms with Crippen LogP contribution in [0.4, 0.5) is 5.69 Å². The van der Waals surface area contributed by atoms with Gasteiger partial charge in [0.25, 0.3) is 0 Å². The number of para-hydroxylation sites is 1. The van der Waals surface area contributed by atoms with Gasteiger partial charge >= 0.3 is 0 Å². The highest BCUT2D eigenvalue weighted by atomic mass is 35.5. The lowest BCUT2D eigenvalue weighted by atomic mass is 9.84. The first-order chi connectivity index (χ1) is 10.2. The van der Waals surface area contributed by atoms with Crippen molar-refractivity contribution in [1.29, 1.82) is 0 Å². The van der Waals surface area contributed by atoms with Gasteiger partial charge in [-0.25, -0.2) is 0 Å². The number of nitrogens with zero attached hydrogens (tertiary/aromatic N) is 2. The number of rotatable bonds is 3. The molecule has 1 spiro atoms. The first-order valence-electron chi connectivity index (χ1n) is 7.62. The fourth-order valence-corrected chi connectivity index (χ4v) is 3.70. The van der Waals surface area contributed by atoms with Crippen molar-refractivity contribution in [2.24, 2.45) is 10.7 Å². The van der Waals surface area contributed by atoms with Crippen molar-refractivity contribution in [3.8, 4) is 0 Å². The first kappa shape index (κ1) is 14.7. The van der Waals surface area contributed by atoms with E-state index < -0.39 is 0 Å². The Balaban J connectivity index is 1.93. The van der Waals surface area contributed by atoms with Gasteiger partial charge in [0.15, 0.2) is 5.96 Å². The van der Waals surface area contributed by atoms with Crippen molar-refractivity contribution in [2.75, 3.05) is 18.1 Å². The summed E-state index contributed by atoms with van der Waals surface area (Å²) in [5, 5.41) is 0.718. The van der Waals surface area contributed by atoms with Crippen LogP contribution in [-0.2, 0) is 4.74 Å². The molecule has 0 saturated carbocycles. The summed E-state index contributed by atoms with van der Waals surface area (Å²) in [5.74, 6) is 0.570. The Kier molecular flexibility index (Phi) is 4.09. The van der Waals surface area contributed by atoms with Crippen LogP contribution in [0, 0.1) is 0 Å². The molecule has 2 atom stereocenters. The molecule has 4 nitrogen and oxygen atoms in total. The number of hydrogen-bond acceptors (Lipinski definition) is 4. The fraction of sp³-hybridized carbons (Fsp3) is 0.562. The van der Waals surface area contributed by atoms with Gasteiger partial charge in [0, 0.05) is 6.61 Å². The summed E-state index contributed by atoms with van der Waals surface area (Å²) in [5.41, 5.74) is 7.06. The van der Waals surface area contributed by atoms with Gasteiger partial charge in [-0.1, -0.05) is 37.1 Å². The van der Waals surface area contributed by atoms with E-state index in [0.29, 0.717) is 5.96 Å². The summed E-state index contributed by atoms with van der Waals surface area (Å²) in [7, 11) is 0. The number of guanidine groups is 1. The van der Waals surface area contributed by atoms with Crippen LogP contribution in [-0.4, -0.2) is 30.8 Å². The maximum Gasteiger partial charge on any atom is 0.196 e. The second kappa shape index (κ2) is 5.85. The lowest BCUT2D eigenvalue weighted by molar-refractivity contribution is -0.0180. The molecular weight excluding hydrogens is 286 g/mol. The summed E-state index contributed by atoms with van der Waals surface area (Å²) >= 11 is 6.39. The van der Waals surface area contributed by atoms with E-state index in [-0.39, 0.29) is 11.6 Å². The number of benzene rings is 1. The molecule has 2 unspecified atom stereocenters. The molecule has 0 radical (unpaired) electrons. The van der Waals surface area contributed by atoms with E-state index in [0.717, 1.165) is 49.5 Å². The van der Waals surface area contributed by atoms with Crippen molar-refractivity contribution in [3.05, 3.63) is 29.3 Å². The summed E-state index contributed by atoms with van der Waals surface area (Å²) in [4.78, 5) is 6.65. The van der Waals surface area contributed by atoms with Crippen LogP contribution in [0.3, 0.4) is 0 Å². The van der Waals surface area contributed by atoms with E-state index in [1.54, 1.807) is 0 Å². The Morgan fingerprint density at radius 1 is 1.48 bits per heavy atom. The summed E-state index contributed by atoms with van der Waals surface area (Å²) in [6.07, 6.45) is 4.38. The zero-order chi connectivity index (χ0) is 14.9. The Labute approximate surface area is 130 Å². The number of nitrogens with two attached hydrogens (primary N) is 1. The summed E-state index contributed by atoms with van der Waals surface area (Å²) in [6, 6.07) is 7.84. The van der Waals surface area contributed by atoms with Crippen LogP contribution in [0.1, 0.15) is 32.6 Å². The van der Waals surface area contributed by atoms with Gasteiger partial charge in [0.05, 0.1) is 28.9 Å². The van der Waals surface area contributed by atoms with Crippen molar-refractivity contribution in [3.63, 3.8) is 0 Å². The zero-order valence-electron chi connectivity index (χ0n) is 12.4. The van der Waals surface area contributed by atoms with E-state index >= 15 is 0 Å². The second-order valence-corrected chi connectivity index (χ2v) is 6.33. The number of halogens is 1. The number of aliphatic imine (C=N–C) groups is 1. The van der Waals surface area contributed by atoms with E-state index in [1.165, 1.54) is 0 Å². The van der Waals surface area contributed by atoms with Gasteiger partial charge in [-0.2, -0.15) is 0 Å². The van der Waals surface area contributed by atoms with E-state index in [9.17, 15) is 0 Å². The number of anilines is 1. The van der Waals surface area contributed by atoms with Gasteiger partial charge in [0.2, 0.25) is 0 Å². The second-order valence-electron chi connectivity index (χ2n) is 5.92. The lowest BCUT2D eigenvalue weighted by Crippen LogP contribution is -2.56. The largest absolute Gasteiger partial charge is 0.378 e. The van der Waals surface area contributed by atoms with E-state index in [1.807, 2.05) is 24.3 Å². The minimum Gasteiger partial charge on any atom is -0.378 e. The van der Waals surface area contributed by atoms with Gasteiger partial charge in [0.1, 0.15) is 0 Å². The van der Waals surface area contributed by atoms with Crippen LogP contribution in [0.15, 0.2) is 29.3 Å². The number of ether oxygens (including phenoxy) is 1. The molecule has 3 rings (SSSR count). The average Bonchev–Trinajstić information content (AvgIpc) is 2.77. The smallest absolute Gasteiger partial charge is 0.196 e.